The number of pyridine rings is 1. The molecule has 74 valence electrons. The first-order valence-electron chi connectivity index (χ1n) is 3.96. The second-order valence-electron chi connectivity index (χ2n) is 2.57. The lowest BCUT2D eigenvalue weighted by atomic mass is 10.2. The van der Waals surface area contributed by atoms with E-state index in [1.807, 2.05) is 12.4 Å². The van der Waals surface area contributed by atoms with Crippen LogP contribution in [0.1, 0.15) is 5.56 Å². The van der Waals surface area contributed by atoms with E-state index in [4.69, 9.17) is 23.2 Å². The lowest BCUT2D eigenvalue weighted by Gasteiger charge is -1.95. The van der Waals surface area contributed by atoms with Crippen molar-refractivity contribution in [3.63, 3.8) is 0 Å². The van der Waals surface area contributed by atoms with Crippen LogP contribution in [0.2, 0.25) is 0 Å². The molecule has 1 rings (SSSR count). The van der Waals surface area contributed by atoms with Crippen molar-refractivity contribution in [1.29, 1.82) is 0 Å². The van der Waals surface area contributed by atoms with Gasteiger partial charge in [-0.2, -0.15) is 0 Å². The molecular weight excluding hydrogens is 228 g/mol. The standard InChI is InChI=1S/C9H12Cl2N.ClH/c10-4-1-9-2-6-12(7-3-9)8-5-11;/h2-3,6-7H,1,4-5,8H2;1H/q+1;/p-1. The van der Waals surface area contributed by atoms with Crippen molar-refractivity contribution in [1.82, 2.24) is 0 Å². The Labute approximate surface area is 95.1 Å². The number of hydrogen-bond acceptors (Lipinski definition) is 0. The van der Waals surface area contributed by atoms with E-state index >= 15 is 0 Å². The topological polar surface area (TPSA) is 3.88 Å². The molecule has 0 amide bonds. The van der Waals surface area contributed by atoms with E-state index in [0.29, 0.717) is 11.8 Å². The summed E-state index contributed by atoms with van der Waals surface area (Å²) in [5.74, 6) is 1.33. The van der Waals surface area contributed by atoms with Crippen molar-refractivity contribution in [2.45, 2.75) is 13.0 Å². The van der Waals surface area contributed by atoms with Crippen molar-refractivity contribution in [2.75, 3.05) is 11.8 Å². The van der Waals surface area contributed by atoms with Gasteiger partial charge in [0, 0.05) is 18.0 Å². The van der Waals surface area contributed by atoms with Crippen LogP contribution < -0.4 is 17.0 Å². The Morgan fingerprint density at radius 3 is 2.15 bits per heavy atom. The third kappa shape index (κ3) is 4.70. The molecule has 4 heteroatoms. The highest BCUT2D eigenvalue weighted by Crippen LogP contribution is 1.97. The molecule has 13 heavy (non-hydrogen) atoms. The summed E-state index contributed by atoms with van der Waals surface area (Å²) in [7, 11) is 0. The Morgan fingerprint density at radius 2 is 1.69 bits per heavy atom. The van der Waals surface area contributed by atoms with Gasteiger partial charge in [0.15, 0.2) is 18.9 Å². The molecule has 0 fully saturated rings. The van der Waals surface area contributed by atoms with Gasteiger partial charge >= 0.3 is 0 Å². The second-order valence-corrected chi connectivity index (χ2v) is 3.33. The molecule has 0 atom stereocenters. The molecule has 1 heterocycles. The summed E-state index contributed by atoms with van der Waals surface area (Å²) < 4.78 is 2.06. The molecule has 0 spiro atoms. The van der Waals surface area contributed by atoms with Gasteiger partial charge in [-0.25, -0.2) is 4.57 Å². The maximum Gasteiger partial charge on any atom is 0.169 e. The summed E-state index contributed by atoms with van der Waals surface area (Å²) in [6.45, 7) is 0.864. The van der Waals surface area contributed by atoms with Gasteiger partial charge in [0.1, 0.15) is 0 Å². The molecule has 0 bridgehead atoms. The summed E-state index contributed by atoms with van der Waals surface area (Å²) in [6, 6.07) is 4.16. The van der Waals surface area contributed by atoms with Crippen LogP contribution in [0.3, 0.4) is 0 Å². The molecule has 0 N–H and O–H groups in total. The average Bonchev–Trinajstić information content (AvgIpc) is 2.09. The van der Waals surface area contributed by atoms with Gasteiger partial charge in [-0.15, -0.1) is 23.2 Å². The highest BCUT2D eigenvalue weighted by Gasteiger charge is 1.98. The lowest BCUT2D eigenvalue weighted by Crippen LogP contribution is -3.00. The van der Waals surface area contributed by atoms with Crippen LogP contribution in [0, 0.1) is 0 Å². The van der Waals surface area contributed by atoms with Crippen molar-refractivity contribution in [2.24, 2.45) is 0 Å². The predicted molar refractivity (Wildman–Crippen MR) is 51.8 cm³/mol. The number of alkyl halides is 2. The quantitative estimate of drug-likeness (QED) is 0.470. The van der Waals surface area contributed by atoms with Gasteiger partial charge in [-0.3, -0.25) is 0 Å². The highest BCUT2D eigenvalue weighted by atomic mass is 35.5. The fraction of sp³-hybridized carbons (Fsp3) is 0.444. The molecule has 0 aliphatic heterocycles. The first kappa shape index (κ1) is 13.0. The van der Waals surface area contributed by atoms with Crippen LogP contribution in [0.5, 0.6) is 0 Å². The fourth-order valence-electron chi connectivity index (χ4n) is 1.01. The van der Waals surface area contributed by atoms with Crippen LogP contribution in [-0.4, -0.2) is 11.8 Å². The molecule has 0 aliphatic carbocycles. The van der Waals surface area contributed by atoms with Crippen molar-refractivity contribution < 1.29 is 17.0 Å². The summed E-state index contributed by atoms with van der Waals surface area (Å²) >= 11 is 11.2. The molecular formula is C9H12Cl3N. The van der Waals surface area contributed by atoms with E-state index < -0.39 is 0 Å². The maximum absolute atomic E-state index is 5.61. The first-order valence-corrected chi connectivity index (χ1v) is 5.03. The molecule has 0 saturated heterocycles. The molecule has 0 radical (unpaired) electrons. The first-order chi connectivity index (χ1) is 5.86. The minimum Gasteiger partial charge on any atom is -1.00 e. The van der Waals surface area contributed by atoms with Gasteiger partial charge in [0.05, 0.1) is 5.88 Å². The number of aromatic nitrogens is 1. The van der Waals surface area contributed by atoms with E-state index in [1.54, 1.807) is 0 Å². The van der Waals surface area contributed by atoms with Crippen LogP contribution in [0.15, 0.2) is 24.5 Å². The van der Waals surface area contributed by atoms with E-state index in [9.17, 15) is 0 Å². The summed E-state index contributed by atoms with van der Waals surface area (Å²) in [5.41, 5.74) is 1.27. The molecule has 0 aliphatic rings. The van der Waals surface area contributed by atoms with Gasteiger partial charge in [-0.1, -0.05) is 0 Å². The monoisotopic (exact) mass is 239 g/mol. The number of hydrogen-bond donors (Lipinski definition) is 0. The largest absolute Gasteiger partial charge is 1.00 e. The number of rotatable bonds is 4. The Balaban J connectivity index is 0.00000144. The van der Waals surface area contributed by atoms with Crippen molar-refractivity contribution in [3.8, 4) is 0 Å². The highest BCUT2D eigenvalue weighted by molar-refractivity contribution is 6.18. The van der Waals surface area contributed by atoms with E-state index in [0.717, 1.165) is 13.0 Å². The van der Waals surface area contributed by atoms with Crippen LogP contribution in [0.4, 0.5) is 0 Å². The second kappa shape index (κ2) is 7.43. The number of halogens is 3. The normalized spacial score (nSPS) is 9.38. The number of nitrogens with zero attached hydrogens (tertiary/aromatic N) is 1. The molecule has 1 aromatic heterocycles. The van der Waals surface area contributed by atoms with Crippen LogP contribution in [-0.2, 0) is 13.0 Å². The third-order valence-electron chi connectivity index (χ3n) is 1.69. The molecule has 1 aromatic rings. The zero-order chi connectivity index (χ0) is 8.81. The smallest absolute Gasteiger partial charge is 0.169 e. The third-order valence-corrected chi connectivity index (χ3v) is 2.04. The summed E-state index contributed by atoms with van der Waals surface area (Å²) in [5, 5.41) is 0. The van der Waals surface area contributed by atoms with Gasteiger partial charge in [0.25, 0.3) is 0 Å². The molecule has 1 nitrogen and oxygen atoms in total. The molecule has 0 aromatic carbocycles. The van der Waals surface area contributed by atoms with E-state index in [2.05, 4.69) is 16.7 Å². The van der Waals surface area contributed by atoms with Crippen LogP contribution in [0.25, 0.3) is 0 Å². The van der Waals surface area contributed by atoms with E-state index in [-0.39, 0.29) is 12.4 Å². The van der Waals surface area contributed by atoms with Gasteiger partial charge in [0.2, 0.25) is 0 Å². The predicted octanol–water partition coefficient (Wildman–Crippen LogP) is -1.00. The Bertz CT molecular complexity index is 198. The zero-order valence-electron chi connectivity index (χ0n) is 7.22. The van der Waals surface area contributed by atoms with Crippen molar-refractivity contribution >= 4 is 23.2 Å². The van der Waals surface area contributed by atoms with Gasteiger partial charge < -0.3 is 12.4 Å². The maximum atomic E-state index is 5.61. The zero-order valence-corrected chi connectivity index (χ0v) is 9.49. The Morgan fingerprint density at radius 1 is 1.08 bits per heavy atom. The number of aryl methyl sites for hydroxylation is 2. The van der Waals surface area contributed by atoms with Crippen molar-refractivity contribution in [3.05, 3.63) is 30.1 Å². The minimum absolute atomic E-state index is 0. The molecule has 0 saturated carbocycles. The molecule has 0 unspecified atom stereocenters. The Hall–Kier alpha value is 0.0200. The average molecular weight is 241 g/mol. The van der Waals surface area contributed by atoms with Gasteiger partial charge in [-0.05, 0) is 12.0 Å². The SMILES string of the molecule is ClCCc1cc[n+](CCCl)cc1.[Cl-]. The lowest BCUT2D eigenvalue weighted by molar-refractivity contribution is -0.692. The minimum atomic E-state index is 0. The van der Waals surface area contributed by atoms with E-state index in [1.165, 1.54) is 5.56 Å². The van der Waals surface area contributed by atoms with Crippen LogP contribution >= 0.6 is 23.2 Å². The fourth-order valence-corrected chi connectivity index (χ4v) is 1.42. The summed E-state index contributed by atoms with van der Waals surface area (Å²) in [6.07, 6.45) is 5.00. The summed E-state index contributed by atoms with van der Waals surface area (Å²) in [4.78, 5) is 0. The Kier molecular flexibility index (Phi) is 7.44.